The maximum absolute atomic E-state index is 4.17. The van der Waals surface area contributed by atoms with Crippen molar-refractivity contribution in [2.45, 2.75) is 20.4 Å². The van der Waals surface area contributed by atoms with Gasteiger partial charge in [0.15, 0.2) is 0 Å². The van der Waals surface area contributed by atoms with Crippen molar-refractivity contribution in [3.05, 3.63) is 71.5 Å². The standard InChI is InChI=1S/C18H18N2/c1-13-5-3-6-14(2)17(13)12-20-18-8-4-7-15-11-19-10-9-16(15)18/h3-11,20H,12H2,1-2H3. The van der Waals surface area contributed by atoms with Crippen LogP contribution in [0.25, 0.3) is 10.8 Å². The predicted molar refractivity (Wildman–Crippen MR) is 85.0 cm³/mol. The molecule has 100 valence electrons. The number of nitrogens with one attached hydrogen (secondary N) is 1. The van der Waals surface area contributed by atoms with E-state index in [0.717, 1.165) is 12.2 Å². The highest BCUT2D eigenvalue weighted by molar-refractivity contribution is 5.93. The number of hydrogen-bond donors (Lipinski definition) is 1. The molecule has 3 rings (SSSR count). The van der Waals surface area contributed by atoms with Crippen molar-refractivity contribution in [1.29, 1.82) is 0 Å². The molecule has 0 amide bonds. The first-order valence-electron chi connectivity index (χ1n) is 6.87. The van der Waals surface area contributed by atoms with E-state index in [1.807, 2.05) is 12.4 Å². The lowest BCUT2D eigenvalue weighted by atomic mass is 10.0. The van der Waals surface area contributed by atoms with Crippen molar-refractivity contribution in [3.63, 3.8) is 0 Å². The number of fused-ring (bicyclic) bond motifs is 1. The summed E-state index contributed by atoms with van der Waals surface area (Å²) in [6.07, 6.45) is 3.74. The van der Waals surface area contributed by atoms with Crippen LogP contribution in [0.2, 0.25) is 0 Å². The summed E-state index contributed by atoms with van der Waals surface area (Å²) in [5.74, 6) is 0. The van der Waals surface area contributed by atoms with E-state index in [2.05, 4.69) is 66.6 Å². The molecule has 0 saturated carbocycles. The summed E-state index contributed by atoms with van der Waals surface area (Å²) in [7, 11) is 0. The lowest BCUT2D eigenvalue weighted by Gasteiger charge is -2.13. The fourth-order valence-electron chi connectivity index (χ4n) is 2.59. The van der Waals surface area contributed by atoms with Crippen molar-refractivity contribution in [2.24, 2.45) is 0 Å². The molecule has 0 aliphatic heterocycles. The molecule has 1 N–H and O–H groups in total. The molecule has 3 aromatic rings. The number of hydrogen-bond acceptors (Lipinski definition) is 2. The van der Waals surface area contributed by atoms with Crippen LogP contribution in [-0.2, 0) is 6.54 Å². The van der Waals surface area contributed by atoms with E-state index in [1.54, 1.807) is 0 Å². The zero-order valence-electron chi connectivity index (χ0n) is 11.9. The van der Waals surface area contributed by atoms with Gasteiger partial charge in [-0.25, -0.2) is 0 Å². The van der Waals surface area contributed by atoms with Gasteiger partial charge in [0, 0.05) is 35.4 Å². The van der Waals surface area contributed by atoms with E-state index in [1.165, 1.54) is 27.5 Å². The van der Waals surface area contributed by atoms with Gasteiger partial charge in [0.2, 0.25) is 0 Å². The maximum Gasteiger partial charge on any atom is 0.0423 e. The number of nitrogens with zero attached hydrogens (tertiary/aromatic N) is 1. The molecule has 1 aromatic heterocycles. The van der Waals surface area contributed by atoms with E-state index < -0.39 is 0 Å². The second-order valence-corrected chi connectivity index (χ2v) is 5.13. The number of aryl methyl sites for hydroxylation is 2. The summed E-state index contributed by atoms with van der Waals surface area (Å²) in [4.78, 5) is 4.17. The number of pyridine rings is 1. The lowest BCUT2D eigenvalue weighted by Crippen LogP contribution is -2.03. The first kappa shape index (κ1) is 12.7. The van der Waals surface area contributed by atoms with Gasteiger partial charge in [-0.3, -0.25) is 4.98 Å². The molecule has 2 heteroatoms. The Morgan fingerprint density at radius 1 is 0.950 bits per heavy atom. The third-order valence-electron chi connectivity index (χ3n) is 3.78. The second-order valence-electron chi connectivity index (χ2n) is 5.13. The van der Waals surface area contributed by atoms with Gasteiger partial charge in [-0.1, -0.05) is 30.3 Å². The molecule has 0 bridgehead atoms. The zero-order valence-corrected chi connectivity index (χ0v) is 11.9. The van der Waals surface area contributed by atoms with Crippen LogP contribution in [0.15, 0.2) is 54.9 Å². The van der Waals surface area contributed by atoms with Crippen LogP contribution in [0, 0.1) is 13.8 Å². The average molecular weight is 262 g/mol. The molecule has 0 aliphatic rings. The summed E-state index contributed by atoms with van der Waals surface area (Å²) in [5.41, 5.74) is 5.20. The Morgan fingerprint density at radius 2 is 1.70 bits per heavy atom. The van der Waals surface area contributed by atoms with Crippen molar-refractivity contribution in [2.75, 3.05) is 5.32 Å². The van der Waals surface area contributed by atoms with Crippen LogP contribution in [0.1, 0.15) is 16.7 Å². The van der Waals surface area contributed by atoms with Gasteiger partial charge < -0.3 is 5.32 Å². The summed E-state index contributed by atoms with van der Waals surface area (Å²) >= 11 is 0. The SMILES string of the molecule is Cc1cccc(C)c1CNc1cccc2cnccc12. The molecule has 2 nitrogen and oxygen atoms in total. The number of benzene rings is 2. The Labute approximate surface area is 119 Å². The van der Waals surface area contributed by atoms with E-state index in [0.29, 0.717) is 0 Å². The largest absolute Gasteiger partial charge is 0.380 e. The minimum atomic E-state index is 0.847. The highest BCUT2D eigenvalue weighted by Gasteiger charge is 2.04. The Morgan fingerprint density at radius 3 is 2.50 bits per heavy atom. The normalized spacial score (nSPS) is 10.7. The second kappa shape index (κ2) is 5.33. The van der Waals surface area contributed by atoms with Gasteiger partial charge in [0.25, 0.3) is 0 Å². The van der Waals surface area contributed by atoms with Gasteiger partial charge in [-0.15, -0.1) is 0 Å². The smallest absolute Gasteiger partial charge is 0.0423 e. The van der Waals surface area contributed by atoms with Crippen LogP contribution in [0.3, 0.4) is 0 Å². The first-order valence-corrected chi connectivity index (χ1v) is 6.87. The van der Waals surface area contributed by atoms with Crippen molar-refractivity contribution < 1.29 is 0 Å². The average Bonchev–Trinajstić information content (AvgIpc) is 2.47. The van der Waals surface area contributed by atoms with Gasteiger partial charge in [0.05, 0.1) is 0 Å². The third kappa shape index (κ3) is 2.37. The van der Waals surface area contributed by atoms with E-state index in [-0.39, 0.29) is 0 Å². The molecular formula is C18H18N2. The Kier molecular flexibility index (Phi) is 3.38. The minimum absolute atomic E-state index is 0.847. The van der Waals surface area contributed by atoms with Crippen LogP contribution >= 0.6 is 0 Å². The Bertz CT molecular complexity index is 722. The summed E-state index contributed by atoms with van der Waals surface area (Å²) in [6.45, 7) is 5.17. The van der Waals surface area contributed by atoms with Gasteiger partial charge in [-0.2, -0.15) is 0 Å². The molecule has 0 radical (unpaired) electrons. The van der Waals surface area contributed by atoms with Crippen molar-refractivity contribution in [3.8, 4) is 0 Å². The molecule has 0 fully saturated rings. The minimum Gasteiger partial charge on any atom is -0.380 e. The molecule has 0 saturated heterocycles. The Balaban J connectivity index is 1.91. The van der Waals surface area contributed by atoms with Crippen LogP contribution in [0.5, 0.6) is 0 Å². The summed E-state index contributed by atoms with van der Waals surface area (Å²) in [6, 6.07) is 14.8. The number of anilines is 1. The molecule has 0 unspecified atom stereocenters. The quantitative estimate of drug-likeness (QED) is 0.753. The molecule has 0 aliphatic carbocycles. The molecular weight excluding hydrogens is 244 g/mol. The summed E-state index contributed by atoms with van der Waals surface area (Å²) < 4.78 is 0. The number of aromatic nitrogens is 1. The highest BCUT2D eigenvalue weighted by atomic mass is 14.9. The molecule has 1 heterocycles. The zero-order chi connectivity index (χ0) is 13.9. The molecule has 20 heavy (non-hydrogen) atoms. The maximum atomic E-state index is 4.17. The molecule has 0 spiro atoms. The van der Waals surface area contributed by atoms with Crippen LogP contribution < -0.4 is 5.32 Å². The van der Waals surface area contributed by atoms with E-state index in [4.69, 9.17) is 0 Å². The summed E-state index contributed by atoms with van der Waals surface area (Å²) in [5, 5.41) is 5.94. The van der Waals surface area contributed by atoms with E-state index in [9.17, 15) is 0 Å². The highest BCUT2D eigenvalue weighted by Crippen LogP contribution is 2.23. The fourth-order valence-corrected chi connectivity index (χ4v) is 2.59. The third-order valence-corrected chi connectivity index (χ3v) is 3.78. The predicted octanol–water partition coefficient (Wildman–Crippen LogP) is 4.46. The van der Waals surface area contributed by atoms with Crippen LogP contribution in [0.4, 0.5) is 5.69 Å². The van der Waals surface area contributed by atoms with Gasteiger partial charge in [-0.05, 0) is 42.7 Å². The fraction of sp³-hybridized carbons (Fsp3) is 0.167. The first-order chi connectivity index (χ1) is 9.75. The van der Waals surface area contributed by atoms with Gasteiger partial charge >= 0.3 is 0 Å². The van der Waals surface area contributed by atoms with Gasteiger partial charge in [0.1, 0.15) is 0 Å². The van der Waals surface area contributed by atoms with Crippen LogP contribution in [-0.4, -0.2) is 4.98 Å². The van der Waals surface area contributed by atoms with Crippen molar-refractivity contribution in [1.82, 2.24) is 4.98 Å². The van der Waals surface area contributed by atoms with Crippen molar-refractivity contribution >= 4 is 16.5 Å². The lowest BCUT2D eigenvalue weighted by molar-refractivity contribution is 1.09. The Hall–Kier alpha value is -2.35. The molecule has 2 aromatic carbocycles. The monoisotopic (exact) mass is 262 g/mol. The van der Waals surface area contributed by atoms with E-state index >= 15 is 0 Å². The molecule has 0 atom stereocenters. The topological polar surface area (TPSA) is 24.9 Å². The number of rotatable bonds is 3.